The Balaban J connectivity index is 1.80. The molecule has 3 aliphatic heterocycles. The highest BCUT2D eigenvalue weighted by Crippen LogP contribution is 2.55. The summed E-state index contributed by atoms with van der Waals surface area (Å²) in [6, 6.07) is 0. The van der Waals surface area contributed by atoms with Crippen molar-refractivity contribution in [1.82, 2.24) is 10.2 Å². The Hall–Kier alpha value is -1.98. The average Bonchev–Trinajstić information content (AvgIpc) is 2.86. The summed E-state index contributed by atoms with van der Waals surface area (Å²) in [5, 5.41) is 12.0. The van der Waals surface area contributed by atoms with Crippen LogP contribution in [0.2, 0.25) is 0 Å². The second-order valence-electron chi connectivity index (χ2n) is 8.60. The minimum absolute atomic E-state index is 0.0305. The number of carbonyl (C=O) groups excluding carboxylic acids is 2. The quantitative estimate of drug-likeness (QED) is 0.735. The number of hydrogen-bond acceptors (Lipinski definition) is 5. The monoisotopic (exact) mass is 342 g/mol. The molecular formula is C19H26N4O2. The largest absolute Gasteiger partial charge is 0.362 e. The lowest BCUT2D eigenvalue weighted by Crippen LogP contribution is -2.49. The Morgan fingerprint density at radius 3 is 2.84 bits per heavy atom. The highest BCUT2D eigenvalue weighted by atomic mass is 16.2. The van der Waals surface area contributed by atoms with Gasteiger partial charge >= 0.3 is 0 Å². The lowest BCUT2D eigenvalue weighted by molar-refractivity contribution is -0.128. The maximum Gasteiger partial charge on any atom is 0.219 e. The van der Waals surface area contributed by atoms with Crippen molar-refractivity contribution in [2.45, 2.75) is 59.0 Å². The summed E-state index contributed by atoms with van der Waals surface area (Å²) >= 11 is 0. The fourth-order valence-corrected chi connectivity index (χ4v) is 5.08. The summed E-state index contributed by atoms with van der Waals surface area (Å²) in [5.41, 5.74) is 2.78. The molecule has 6 heteroatoms. The van der Waals surface area contributed by atoms with Crippen LogP contribution < -0.4 is 5.32 Å². The van der Waals surface area contributed by atoms with E-state index >= 15 is 0 Å². The number of ketones is 1. The molecule has 0 aromatic heterocycles. The van der Waals surface area contributed by atoms with E-state index in [0.717, 1.165) is 49.1 Å². The van der Waals surface area contributed by atoms with Crippen LogP contribution >= 0.6 is 0 Å². The Morgan fingerprint density at radius 1 is 1.28 bits per heavy atom. The minimum Gasteiger partial charge on any atom is -0.362 e. The van der Waals surface area contributed by atoms with Gasteiger partial charge in [0, 0.05) is 48.7 Å². The standard InChI is InChI=1S/C19H26N4O2/c1-12(24)23-7-4-5-19(6-8-23)13-11-20-22-17(13)21-14-9-18(2,3)10-15(25)16(14)19/h11,17,21H,4-10H2,1-3H3. The predicted molar refractivity (Wildman–Crippen MR) is 93.4 cm³/mol. The molecule has 1 spiro atoms. The molecule has 0 aromatic carbocycles. The fraction of sp³-hybridized carbons (Fsp3) is 0.684. The van der Waals surface area contributed by atoms with Crippen molar-refractivity contribution in [1.29, 1.82) is 0 Å². The van der Waals surface area contributed by atoms with Crippen LogP contribution in [-0.2, 0) is 9.59 Å². The molecule has 0 radical (unpaired) electrons. The first kappa shape index (κ1) is 16.5. The maximum atomic E-state index is 13.2. The normalized spacial score (nSPS) is 33.6. The van der Waals surface area contributed by atoms with Gasteiger partial charge in [0.05, 0.1) is 6.20 Å². The smallest absolute Gasteiger partial charge is 0.219 e. The van der Waals surface area contributed by atoms with Gasteiger partial charge in [-0.25, -0.2) is 0 Å². The van der Waals surface area contributed by atoms with Gasteiger partial charge in [-0.3, -0.25) is 9.59 Å². The summed E-state index contributed by atoms with van der Waals surface area (Å²) in [6.07, 6.45) is 5.71. The van der Waals surface area contributed by atoms with Crippen LogP contribution in [0.1, 0.15) is 52.9 Å². The number of likely N-dealkylation sites (tertiary alicyclic amines) is 1. The molecule has 134 valence electrons. The lowest BCUT2D eigenvalue weighted by atomic mass is 9.60. The van der Waals surface area contributed by atoms with Crippen molar-refractivity contribution in [2.24, 2.45) is 21.1 Å². The number of fused-ring (bicyclic) bond motifs is 3. The number of amides is 1. The predicted octanol–water partition coefficient (Wildman–Crippen LogP) is 2.93. The van der Waals surface area contributed by atoms with Gasteiger partial charge in [0.2, 0.25) is 5.91 Å². The van der Waals surface area contributed by atoms with Gasteiger partial charge < -0.3 is 10.2 Å². The van der Waals surface area contributed by atoms with Crippen molar-refractivity contribution >= 4 is 11.7 Å². The van der Waals surface area contributed by atoms with Crippen molar-refractivity contribution in [2.75, 3.05) is 13.1 Å². The Morgan fingerprint density at radius 2 is 2.08 bits per heavy atom. The molecule has 0 bridgehead atoms. The van der Waals surface area contributed by atoms with E-state index in [1.807, 2.05) is 11.1 Å². The Bertz CT molecular complexity index is 734. The first-order valence-corrected chi connectivity index (χ1v) is 9.22. The molecule has 1 fully saturated rings. The van der Waals surface area contributed by atoms with Crippen molar-refractivity contribution in [3.63, 3.8) is 0 Å². The Labute approximate surface area is 148 Å². The molecule has 3 heterocycles. The topological polar surface area (TPSA) is 74.1 Å². The first-order chi connectivity index (χ1) is 11.8. The van der Waals surface area contributed by atoms with Gasteiger partial charge in [-0.05, 0) is 31.1 Å². The third-order valence-electron chi connectivity index (χ3n) is 6.18. The molecule has 4 aliphatic rings. The van der Waals surface area contributed by atoms with Gasteiger partial charge in [0.15, 0.2) is 11.9 Å². The lowest BCUT2D eigenvalue weighted by Gasteiger charge is -2.47. The van der Waals surface area contributed by atoms with Gasteiger partial charge in [-0.1, -0.05) is 13.8 Å². The van der Waals surface area contributed by atoms with Gasteiger partial charge in [0.25, 0.3) is 0 Å². The van der Waals surface area contributed by atoms with Gasteiger partial charge in [0.1, 0.15) is 0 Å². The van der Waals surface area contributed by atoms with E-state index in [9.17, 15) is 9.59 Å². The van der Waals surface area contributed by atoms with Crippen LogP contribution in [0.3, 0.4) is 0 Å². The molecule has 6 nitrogen and oxygen atoms in total. The SMILES string of the molecule is CC(=O)N1CCCC2(CC1)C1=CN=NC1NC1=C2C(=O)CC(C)(C)C1. The van der Waals surface area contributed by atoms with Gasteiger partial charge in [-0.15, -0.1) is 0 Å². The highest BCUT2D eigenvalue weighted by Gasteiger charge is 2.53. The number of nitrogens with zero attached hydrogens (tertiary/aromatic N) is 3. The third-order valence-corrected chi connectivity index (χ3v) is 6.18. The maximum absolute atomic E-state index is 13.2. The van der Waals surface area contributed by atoms with E-state index in [-0.39, 0.29) is 28.7 Å². The molecule has 4 rings (SSSR count). The molecule has 1 amide bonds. The van der Waals surface area contributed by atoms with E-state index in [2.05, 4.69) is 29.4 Å². The minimum atomic E-state index is -0.313. The van der Waals surface area contributed by atoms with Crippen LogP contribution in [0.25, 0.3) is 0 Å². The summed E-state index contributed by atoms with van der Waals surface area (Å²) in [7, 11) is 0. The number of carbonyl (C=O) groups is 2. The number of azo groups is 1. The average molecular weight is 342 g/mol. The summed E-state index contributed by atoms with van der Waals surface area (Å²) < 4.78 is 0. The van der Waals surface area contributed by atoms with Crippen LogP contribution in [0.15, 0.2) is 33.3 Å². The van der Waals surface area contributed by atoms with E-state index in [0.29, 0.717) is 13.0 Å². The zero-order valence-corrected chi connectivity index (χ0v) is 15.3. The molecule has 1 aliphatic carbocycles. The molecule has 1 saturated heterocycles. The van der Waals surface area contributed by atoms with E-state index < -0.39 is 0 Å². The van der Waals surface area contributed by atoms with E-state index in [1.54, 1.807) is 6.92 Å². The molecule has 0 saturated carbocycles. The molecule has 1 N–H and O–H groups in total. The molecule has 2 atom stereocenters. The zero-order valence-electron chi connectivity index (χ0n) is 15.3. The molecular weight excluding hydrogens is 316 g/mol. The van der Waals surface area contributed by atoms with Gasteiger partial charge in [-0.2, -0.15) is 10.2 Å². The Kier molecular flexibility index (Phi) is 3.63. The van der Waals surface area contributed by atoms with Crippen molar-refractivity contribution in [3.05, 3.63) is 23.0 Å². The van der Waals surface area contributed by atoms with E-state index in [1.165, 1.54) is 0 Å². The molecule has 2 unspecified atom stereocenters. The number of allylic oxidation sites excluding steroid dienone is 2. The van der Waals surface area contributed by atoms with Crippen LogP contribution in [-0.4, -0.2) is 35.8 Å². The second-order valence-corrected chi connectivity index (χ2v) is 8.60. The number of nitrogens with one attached hydrogen (secondary N) is 1. The fourth-order valence-electron chi connectivity index (χ4n) is 5.08. The number of hydrogen-bond donors (Lipinski definition) is 1. The third kappa shape index (κ3) is 2.53. The van der Waals surface area contributed by atoms with Crippen LogP contribution in [0.4, 0.5) is 0 Å². The molecule has 0 aromatic rings. The summed E-state index contributed by atoms with van der Waals surface area (Å²) in [5.74, 6) is 0.365. The van der Waals surface area contributed by atoms with Crippen LogP contribution in [0.5, 0.6) is 0 Å². The van der Waals surface area contributed by atoms with E-state index in [4.69, 9.17) is 0 Å². The molecule has 25 heavy (non-hydrogen) atoms. The number of Topliss-reactive ketones (excluding diaryl/α,β-unsaturated/α-hetero) is 1. The van der Waals surface area contributed by atoms with Crippen LogP contribution in [0, 0.1) is 10.8 Å². The summed E-state index contributed by atoms with van der Waals surface area (Å²) in [6.45, 7) is 7.37. The first-order valence-electron chi connectivity index (χ1n) is 9.22. The highest BCUT2D eigenvalue weighted by molar-refractivity contribution is 6.00. The zero-order chi connectivity index (χ0) is 17.8. The number of rotatable bonds is 0. The van der Waals surface area contributed by atoms with Crippen molar-refractivity contribution in [3.8, 4) is 0 Å². The summed E-state index contributed by atoms with van der Waals surface area (Å²) in [4.78, 5) is 26.9. The second kappa shape index (κ2) is 5.51. The van der Waals surface area contributed by atoms with Crippen molar-refractivity contribution < 1.29 is 9.59 Å².